The van der Waals surface area contributed by atoms with Crippen molar-refractivity contribution in [1.82, 2.24) is 14.9 Å². The summed E-state index contributed by atoms with van der Waals surface area (Å²) in [5, 5.41) is 0. The van der Waals surface area contributed by atoms with Gasteiger partial charge in [0, 0.05) is 42.8 Å². The molecule has 2 aromatic rings. The van der Waals surface area contributed by atoms with Gasteiger partial charge in [-0.3, -0.25) is 14.8 Å². The first-order valence-corrected chi connectivity index (χ1v) is 6.37. The van der Waals surface area contributed by atoms with Gasteiger partial charge in [0.05, 0.1) is 11.0 Å². The van der Waals surface area contributed by atoms with Crippen LogP contribution in [0.3, 0.4) is 0 Å². The van der Waals surface area contributed by atoms with E-state index in [9.17, 15) is 4.79 Å². The number of aromatic nitrogens is 2. The van der Waals surface area contributed by atoms with Gasteiger partial charge in [0.2, 0.25) is 0 Å². The first kappa shape index (κ1) is 11.4. The van der Waals surface area contributed by atoms with Gasteiger partial charge in [-0.1, -0.05) is 0 Å². The van der Waals surface area contributed by atoms with E-state index in [1.807, 2.05) is 11.0 Å². The zero-order chi connectivity index (χ0) is 12.5. The lowest BCUT2D eigenvalue weighted by Gasteiger charge is -2.38. The fraction of sp³-hybridized carbons (Fsp3) is 0.308. The molecule has 0 radical (unpaired) electrons. The minimum absolute atomic E-state index is 0.0453. The molecule has 1 saturated heterocycles. The average Bonchev–Trinajstić information content (AvgIpc) is 2.37. The van der Waals surface area contributed by atoms with Crippen molar-refractivity contribution in [1.29, 1.82) is 0 Å². The Morgan fingerprint density at radius 3 is 2.72 bits per heavy atom. The molecule has 1 aliphatic heterocycles. The van der Waals surface area contributed by atoms with E-state index in [-0.39, 0.29) is 5.91 Å². The van der Waals surface area contributed by atoms with Gasteiger partial charge in [0.1, 0.15) is 0 Å². The quantitative estimate of drug-likeness (QED) is 0.776. The highest BCUT2D eigenvalue weighted by molar-refractivity contribution is 6.18. The number of carbonyl (C=O) groups is 1. The lowest BCUT2D eigenvalue weighted by atomic mass is 10.0. The summed E-state index contributed by atoms with van der Waals surface area (Å²) in [6.45, 7) is 1.50. The number of halogens is 1. The largest absolute Gasteiger partial charge is 0.338 e. The average molecular weight is 262 g/mol. The van der Waals surface area contributed by atoms with Crippen molar-refractivity contribution >= 4 is 28.5 Å². The summed E-state index contributed by atoms with van der Waals surface area (Å²) in [5.41, 5.74) is 2.21. The van der Waals surface area contributed by atoms with Crippen LogP contribution in [0, 0.1) is 5.92 Å². The van der Waals surface area contributed by atoms with E-state index in [2.05, 4.69) is 9.97 Å². The van der Waals surface area contributed by atoms with Crippen LogP contribution in [0.15, 0.2) is 30.6 Å². The third kappa shape index (κ3) is 1.93. The molecule has 1 fully saturated rings. The molecule has 0 N–H and O–H groups in total. The van der Waals surface area contributed by atoms with Crippen molar-refractivity contribution in [2.75, 3.05) is 19.0 Å². The summed E-state index contributed by atoms with van der Waals surface area (Å²) in [6.07, 6.45) is 3.27. The van der Waals surface area contributed by atoms with Crippen molar-refractivity contribution in [3.05, 3.63) is 36.2 Å². The lowest BCUT2D eigenvalue weighted by Crippen LogP contribution is -2.50. The Kier molecular flexibility index (Phi) is 2.88. The fourth-order valence-corrected chi connectivity index (χ4v) is 2.31. The molecular formula is C13H12ClN3O. The number of rotatable bonds is 2. The topological polar surface area (TPSA) is 46.1 Å². The first-order valence-electron chi connectivity index (χ1n) is 5.84. The minimum Gasteiger partial charge on any atom is -0.338 e. The molecule has 1 aliphatic rings. The fourth-order valence-electron chi connectivity index (χ4n) is 2.11. The SMILES string of the molecule is O=C(c1ccc2nccnc2c1)N1CC(CCl)C1. The molecular weight excluding hydrogens is 250 g/mol. The summed E-state index contributed by atoms with van der Waals surface area (Å²) in [4.78, 5) is 22.4. The molecule has 0 unspecified atom stereocenters. The molecule has 2 heterocycles. The molecule has 1 aromatic heterocycles. The zero-order valence-corrected chi connectivity index (χ0v) is 10.5. The minimum atomic E-state index is 0.0453. The van der Waals surface area contributed by atoms with Crippen LogP contribution in [-0.2, 0) is 0 Å². The molecule has 5 heteroatoms. The summed E-state index contributed by atoms with van der Waals surface area (Å²) in [7, 11) is 0. The second kappa shape index (κ2) is 4.53. The van der Waals surface area contributed by atoms with Gasteiger partial charge >= 0.3 is 0 Å². The van der Waals surface area contributed by atoms with E-state index in [0.29, 0.717) is 17.4 Å². The number of alkyl halides is 1. The highest BCUT2D eigenvalue weighted by Gasteiger charge is 2.30. The summed E-state index contributed by atoms with van der Waals surface area (Å²) in [5.74, 6) is 1.10. The van der Waals surface area contributed by atoms with Gasteiger partial charge in [0.15, 0.2) is 0 Å². The van der Waals surface area contributed by atoms with Gasteiger partial charge in [0.25, 0.3) is 5.91 Å². The monoisotopic (exact) mass is 261 g/mol. The molecule has 1 aromatic carbocycles. The zero-order valence-electron chi connectivity index (χ0n) is 9.71. The number of fused-ring (bicyclic) bond motifs is 1. The second-order valence-corrected chi connectivity index (χ2v) is 4.80. The Labute approximate surface area is 110 Å². The Balaban J connectivity index is 1.84. The number of likely N-dealkylation sites (tertiary alicyclic amines) is 1. The molecule has 0 aliphatic carbocycles. The van der Waals surface area contributed by atoms with E-state index in [4.69, 9.17) is 11.6 Å². The van der Waals surface area contributed by atoms with Crippen LogP contribution in [0.5, 0.6) is 0 Å². The normalized spacial score (nSPS) is 15.7. The van der Waals surface area contributed by atoms with Crippen LogP contribution in [0.4, 0.5) is 0 Å². The highest BCUT2D eigenvalue weighted by Crippen LogP contribution is 2.21. The number of carbonyl (C=O) groups excluding carboxylic acids is 1. The summed E-state index contributed by atoms with van der Waals surface area (Å²) in [6, 6.07) is 5.42. The van der Waals surface area contributed by atoms with E-state index >= 15 is 0 Å². The van der Waals surface area contributed by atoms with E-state index in [1.54, 1.807) is 24.5 Å². The van der Waals surface area contributed by atoms with Gasteiger partial charge in [-0.2, -0.15) is 0 Å². The predicted octanol–water partition coefficient (Wildman–Crippen LogP) is 1.94. The summed E-state index contributed by atoms with van der Waals surface area (Å²) < 4.78 is 0. The van der Waals surface area contributed by atoms with Crippen LogP contribution < -0.4 is 0 Å². The first-order chi connectivity index (χ1) is 8.78. The van der Waals surface area contributed by atoms with Crippen LogP contribution in [-0.4, -0.2) is 39.7 Å². The Bertz CT molecular complexity index is 596. The van der Waals surface area contributed by atoms with Crippen LogP contribution in [0.1, 0.15) is 10.4 Å². The number of amides is 1. The Hall–Kier alpha value is -1.68. The maximum atomic E-state index is 12.2. The van der Waals surface area contributed by atoms with Crippen molar-refractivity contribution in [2.24, 2.45) is 5.92 Å². The van der Waals surface area contributed by atoms with Crippen LogP contribution in [0.2, 0.25) is 0 Å². The van der Waals surface area contributed by atoms with Crippen molar-refractivity contribution in [3.63, 3.8) is 0 Å². The van der Waals surface area contributed by atoms with Crippen LogP contribution in [0.25, 0.3) is 11.0 Å². The van der Waals surface area contributed by atoms with Gasteiger partial charge < -0.3 is 4.90 Å². The van der Waals surface area contributed by atoms with E-state index in [0.717, 1.165) is 24.1 Å². The molecule has 0 bridgehead atoms. The lowest BCUT2D eigenvalue weighted by molar-refractivity contribution is 0.0536. The molecule has 3 rings (SSSR count). The van der Waals surface area contributed by atoms with Gasteiger partial charge in [-0.05, 0) is 18.2 Å². The Morgan fingerprint density at radius 1 is 1.28 bits per heavy atom. The van der Waals surface area contributed by atoms with Crippen molar-refractivity contribution in [2.45, 2.75) is 0 Å². The molecule has 18 heavy (non-hydrogen) atoms. The molecule has 0 saturated carbocycles. The van der Waals surface area contributed by atoms with E-state index < -0.39 is 0 Å². The molecule has 92 valence electrons. The van der Waals surface area contributed by atoms with Crippen molar-refractivity contribution < 1.29 is 4.79 Å². The smallest absolute Gasteiger partial charge is 0.253 e. The maximum Gasteiger partial charge on any atom is 0.253 e. The number of benzene rings is 1. The number of nitrogens with zero attached hydrogens (tertiary/aromatic N) is 3. The van der Waals surface area contributed by atoms with Crippen LogP contribution >= 0.6 is 11.6 Å². The molecule has 4 nitrogen and oxygen atoms in total. The van der Waals surface area contributed by atoms with E-state index in [1.165, 1.54) is 0 Å². The number of hydrogen-bond donors (Lipinski definition) is 0. The van der Waals surface area contributed by atoms with Crippen molar-refractivity contribution in [3.8, 4) is 0 Å². The molecule has 0 spiro atoms. The molecule has 1 amide bonds. The predicted molar refractivity (Wildman–Crippen MR) is 69.7 cm³/mol. The standard InChI is InChI=1S/C13H12ClN3O/c14-6-9-7-17(8-9)13(18)10-1-2-11-12(5-10)16-4-3-15-11/h1-5,9H,6-8H2. The highest BCUT2D eigenvalue weighted by atomic mass is 35.5. The maximum absolute atomic E-state index is 12.2. The molecule has 0 atom stereocenters. The third-order valence-corrected chi connectivity index (χ3v) is 3.62. The number of hydrogen-bond acceptors (Lipinski definition) is 3. The summed E-state index contributed by atoms with van der Waals surface area (Å²) >= 11 is 5.74. The Morgan fingerprint density at radius 2 is 2.00 bits per heavy atom. The third-order valence-electron chi connectivity index (χ3n) is 3.18. The second-order valence-electron chi connectivity index (χ2n) is 4.49. The van der Waals surface area contributed by atoms with Gasteiger partial charge in [-0.15, -0.1) is 11.6 Å². The van der Waals surface area contributed by atoms with Gasteiger partial charge in [-0.25, -0.2) is 0 Å².